The number of alkyl halides is 1. The van der Waals surface area contributed by atoms with Gasteiger partial charge < -0.3 is 5.11 Å². The van der Waals surface area contributed by atoms with Crippen molar-refractivity contribution in [3.8, 4) is 0 Å². The number of carboxylic acid groups (broad SMARTS) is 1. The molecule has 1 heterocycles. The zero-order chi connectivity index (χ0) is 8.97. The van der Waals surface area contributed by atoms with Crippen molar-refractivity contribution in [3.63, 3.8) is 0 Å². The molecule has 0 fully saturated rings. The molecule has 0 aliphatic heterocycles. The minimum Gasteiger partial charge on any atom is -0.478 e. The zero-order valence-corrected chi connectivity index (χ0v) is 7.08. The molecule has 1 aromatic rings. The van der Waals surface area contributed by atoms with E-state index in [4.69, 9.17) is 16.7 Å². The molecule has 0 aliphatic rings. The molecule has 12 heavy (non-hydrogen) atoms. The third kappa shape index (κ3) is 2.20. The van der Waals surface area contributed by atoms with Crippen LogP contribution in [0.4, 0.5) is 0 Å². The summed E-state index contributed by atoms with van der Waals surface area (Å²) < 4.78 is 0. The second-order valence-electron chi connectivity index (χ2n) is 2.28. The molecule has 3 nitrogen and oxygen atoms in total. The van der Waals surface area contributed by atoms with Gasteiger partial charge in [-0.25, -0.2) is 4.79 Å². The number of nitrogens with zero attached hydrogens (tertiary/aromatic N) is 1. The Morgan fingerprint density at radius 2 is 2.42 bits per heavy atom. The van der Waals surface area contributed by atoms with Crippen LogP contribution < -0.4 is 0 Å². The van der Waals surface area contributed by atoms with Gasteiger partial charge in [-0.15, -0.1) is 11.6 Å². The lowest BCUT2D eigenvalue weighted by Gasteiger charge is -1.97. The van der Waals surface area contributed by atoms with Gasteiger partial charge in [0.2, 0.25) is 0 Å². The Labute approximate surface area is 75.0 Å². The van der Waals surface area contributed by atoms with E-state index in [2.05, 4.69) is 4.98 Å². The lowest BCUT2D eigenvalue weighted by Crippen LogP contribution is -1.99. The molecular weight excluding hydrogens is 178 g/mol. The summed E-state index contributed by atoms with van der Waals surface area (Å²) in [6, 6.07) is 2.99. The van der Waals surface area contributed by atoms with Crippen molar-refractivity contribution in [2.45, 2.75) is 6.42 Å². The molecule has 0 atom stereocenters. The number of aromatic nitrogens is 1. The number of carbonyl (C=O) groups is 1. The highest BCUT2D eigenvalue weighted by atomic mass is 35.5. The Hall–Kier alpha value is -1.09. The van der Waals surface area contributed by atoms with Crippen molar-refractivity contribution in [3.05, 3.63) is 29.6 Å². The highest BCUT2D eigenvalue weighted by Gasteiger charge is 2.02. The van der Waals surface area contributed by atoms with E-state index in [0.29, 0.717) is 18.0 Å². The molecule has 0 aliphatic carbocycles. The summed E-state index contributed by atoms with van der Waals surface area (Å²) >= 11 is 5.48. The second-order valence-corrected chi connectivity index (χ2v) is 2.66. The summed E-state index contributed by atoms with van der Waals surface area (Å²) in [4.78, 5) is 14.5. The van der Waals surface area contributed by atoms with Crippen molar-refractivity contribution >= 4 is 17.6 Å². The van der Waals surface area contributed by atoms with Crippen LogP contribution in [0.3, 0.4) is 0 Å². The third-order valence-electron chi connectivity index (χ3n) is 1.41. The number of carboxylic acids is 1. The van der Waals surface area contributed by atoms with E-state index in [1.54, 1.807) is 0 Å². The van der Waals surface area contributed by atoms with Gasteiger partial charge in [-0.1, -0.05) is 0 Å². The maximum Gasteiger partial charge on any atom is 0.335 e. The number of hydrogen-bond donors (Lipinski definition) is 1. The van der Waals surface area contributed by atoms with Crippen LogP contribution in [0.25, 0.3) is 0 Å². The Kier molecular flexibility index (Phi) is 3.05. The predicted molar refractivity (Wildman–Crippen MR) is 45.6 cm³/mol. The molecule has 0 radical (unpaired) electrons. The third-order valence-corrected chi connectivity index (χ3v) is 1.60. The molecule has 0 unspecified atom stereocenters. The number of halogens is 1. The van der Waals surface area contributed by atoms with Crippen LogP contribution in [-0.2, 0) is 6.42 Å². The molecule has 0 spiro atoms. The predicted octanol–water partition coefficient (Wildman–Crippen LogP) is 1.56. The summed E-state index contributed by atoms with van der Waals surface area (Å²) in [6.45, 7) is 0. The van der Waals surface area contributed by atoms with Gasteiger partial charge in [-0.2, -0.15) is 0 Å². The topological polar surface area (TPSA) is 50.2 Å². The van der Waals surface area contributed by atoms with E-state index in [1.807, 2.05) is 0 Å². The molecule has 0 saturated carbocycles. The van der Waals surface area contributed by atoms with Gasteiger partial charge in [-0.3, -0.25) is 4.98 Å². The zero-order valence-electron chi connectivity index (χ0n) is 6.33. The van der Waals surface area contributed by atoms with Crippen molar-refractivity contribution in [1.29, 1.82) is 0 Å². The van der Waals surface area contributed by atoms with E-state index in [9.17, 15) is 4.79 Å². The van der Waals surface area contributed by atoms with Gasteiger partial charge in [0.25, 0.3) is 0 Å². The smallest absolute Gasteiger partial charge is 0.335 e. The fraction of sp³-hybridized carbons (Fsp3) is 0.250. The Bertz CT molecular complexity index is 288. The lowest BCUT2D eigenvalue weighted by atomic mass is 10.2. The molecule has 4 heteroatoms. The maximum absolute atomic E-state index is 10.5. The molecule has 0 saturated heterocycles. The molecule has 1 aromatic heterocycles. The Morgan fingerprint density at radius 1 is 1.67 bits per heavy atom. The molecular formula is C8H8ClNO2. The maximum atomic E-state index is 10.5. The normalized spacial score (nSPS) is 9.75. The Morgan fingerprint density at radius 3 is 3.00 bits per heavy atom. The molecule has 0 bridgehead atoms. The van der Waals surface area contributed by atoms with E-state index in [0.717, 1.165) is 0 Å². The van der Waals surface area contributed by atoms with E-state index >= 15 is 0 Å². The highest BCUT2D eigenvalue weighted by molar-refractivity contribution is 6.17. The number of rotatable bonds is 3. The van der Waals surface area contributed by atoms with Crippen LogP contribution in [0, 0.1) is 0 Å². The Balaban J connectivity index is 2.88. The minimum atomic E-state index is -0.937. The first-order chi connectivity index (χ1) is 5.74. The standard InChI is InChI=1S/C8H8ClNO2/c9-3-1-7-5-6(8(11)12)2-4-10-7/h2,4-5H,1,3H2,(H,11,12). The van der Waals surface area contributed by atoms with E-state index in [1.165, 1.54) is 18.3 Å². The fourth-order valence-electron chi connectivity index (χ4n) is 0.845. The van der Waals surface area contributed by atoms with E-state index < -0.39 is 5.97 Å². The summed E-state index contributed by atoms with van der Waals surface area (Å²) in [6.07, 6.45) is 2.08. The lowest BCUT2D eigenvalue weighted by molar-refractivity contribution is 0.0696. The fourth-order valence-corrected chi connectivity index (χ4v) is 1.04. The van der Waals surface area contributed by atoms with Gasteiger partial charge in [0.15, 0.2) is 0 Å². The van der Waals surface area contributed by atoms with Gasteiger partial charge in [0.1, 0.15) is 0 Å². The van der Waals surface area contributed by atoms with Gasteiger partial charge in [0, 0.05) is 24.2 Å². The van der Waals surface area contributed by atoms with Crippen LogP contribution >= 0.6 is 11.6 Å². The first kappa shape index (κ1) is 9.00. The molecule has 1 rings (SSSR count). The number of pyridine rings is 1. The summed E-state index contributed by atoms with van der Waals surface area (Å²) in [5.41, 5.74) is 0.968. The summed E-state index contributed by atoms with van der Waals surface area (Å²) in [7, 11) is 0. The quantitative estimate of drug-likeness (QED) is 0.728. The summed E-state index contributed by atoms with van der Waals surface area (Å²) in [5, 5.41) is 8.62. The van der Waals surface area contributed by atoms with E-state index in [-0.39, 0.29) is 5.56 Å². The molecule has 64 valence electrons. The van der Waals surface area contributed by atoms with Crippen LogP contribution in [-0.4, -0.2) is 21.9 Å². The SMILES string of the molecule is O=C(O)c1ccnc(CCCl)c1. The summed E-state index contributed by atoms with van der Waals surface area (Å²) in [5.74, 6) is -0.482. The van der Waals surface area contributed by atoms with Crippen molar-refractivity contribution in [2.24, 2.45) is 0 Å². The second kappa shape index (κ2) is 4.07. The van der Waals surface area contributed by atoms with Gasteiger partial charge in [0.05, 0.1) is 5.56 Å². The van der Waals surface area contributed by atoms with Crippen LogP contribution in [0.2, 0.25) is 0 Å². The highest BCUT2D eigenvalue weighted by Crippen LogP contribution is 2.02. The van der Waals surface area contributed by atoms with Crippen molar-refractivity contribution < 1.29 is 9.90 Å². The van der Waals surface area contributed by atoms with Crippen LogP contribution in [0.1, 0.15) is 16.1 Å². The number of hydrogen-bond acceptors (Lipinski definition) is 2. The first-order valence-corrected chi connectivity index (χ1v) is 4.01. The largest absolute Gasteiger partial charge is 0.478 e. The van der Waals surface area contributed by atoms with Crippen molar-refractivity contribution in [2.75, 3.05) is 5.88 Å². The van der Waals surface area contributed by atoms with Crippen LogP contribution in [0.5, 0.6) is 0 Å². The molecule has 0 amide bonds. The first-order valence-electron chi connectivity index (χ1n) is 3.48. The number of aromatic carboxylic acids is 1. The van der Waals surface area contributed by atoms with Crippen LogP contribution in [0.15, 0.2) is 18.3 Å². The number of aryl methyl sites for hydroxylation is 1. The average Bonchev–Trinajstić information content (AvgIpc) is 2.05. The average molecular weight is 186 g/mol. The van der Waals surface area contributed by atoms with Gasteiger partial charge >= 0.3 is 5.97 Å². The molecule has 1 N–H and O–H groups in total. The van der Waals surface area contributed by atoms with Gasteiger partial charge in [-0.05, 0) is 12.1 Å². The monoisotopic (exact) mass is 185 g/mol. The van der Waals surface area contributed by atoms with Crippen molar-refractivity contribution in [1.82, 2.24) is 4.98 Å². The minimum absolute atomic E-state index is 0.255. The molecule has 0 aromatic carbocycles.